The van der Waals surface area contributed by atoms with Crippen molar-refractivity contribution < 1.29 is 0 Å². The summed E-state index contributed by atoms with van der Waals surface area (Å²) in [6, 6.07) is 7.79. The van der Waals surface area contributed by atoms with E-state index in [2.05, 4.69) is 15.0 Å². The molecule has 2 N–H and O–H groups in total. The van der Waals surface area contributed by atoms with Crippen LogP contribution in [0.1, 0.15) is 0 Å². The van der Waals surface area contributed by atoms with Gasteiger partial charge in [0.05, 0.1) is 0 Å². The molecule has 0 aliphatic rings. The van der Waals surface area contributed by atoms with Crippen molar-refractivity contribution in [3.63, 3.8) is 0 Å². The highest BCUT2D eigenvalue weighted by molar-refractivity contribution is 6.28. The number of nitrogen functional groups attached to an aromatic ring is 1. The van der Waals surface area contributed by atoms with Gasteiger partial charge in [-0.3, -0.25) is 0 Å². The maximum absolute atomic E-state index is 5.73. The predicted molar refractivity (Wildman–Crippen MR) is 69.0 cm³/mol. The molecule has 88 valence electrons. The first-order valence-corrected chi connectivity index (χ1v) is 5.39. The van der Waals surface area contributed by atoms with Gasteiger partial charge in [-0.15, -0.1) is 0 Å². The fourth-order valence-electron chi connectivity index (χ4n) is 1.40. The molecule has 17 heavy (non-hydrogen) atoms. The van der Waals surface area contributed by atoms with Crippen LogP contribution < -0.4 is 10.6 Å². The topological polar surface area (TPSA) is 67.9 Å². The van der Waals surface area contributed by atoms with Crippen LogP contribution in [0.4, 0.5) is 11.6 Å². The van der Waals surface area contributed by atoms with Gasteiger partial charge in [-0.05, 0) is 35.9 Å². The highest BCUT2D eigenvalue weighted by Crippen LogP contribution is 2.20. The first-order valence-electron chi connectivity index (χ1n) is 5.01. The van der Waals surface area contributed by atoms with Crippen LogP contribution in [0.5, 0.6) is 0 Å². The van der Waals surface area contributed by atoms with Gasteiger partial charge in [0.25, 0.3) is 0 Å². The van der Waals surface area contributed by atoms with Crippen LogP contribution in [-0.4, -0.2) is 29.0 Å². The lowest BCUT2D eigenvalue weighted by atomic mass is 10.2. The molecule has 0 saturated carbocycles. The predicted octanol–water partition coefficient (Wildman–Crippen LogP) is 1.84. The van der Waals surface area contributed by atoms with Crippen molar-refractivity contribution in [2.75, 3.05) is 24.7 Å². The molecular weight excluding hydrogens is 238 g/mol. The van der Waals surface area contributed by atoms with Gasteiger partial charge in [0.15, 0.2) is 5.82 Å². The molecule has 0 unspecified atom stereocenters. The third-order valence-electron chi connectivity index (χ3n) is 2.27. The van der Waals surface area contributed by atoms with E-state index in [0.29, 0.717) is 5.82 Å². The highest BCUT2D eigenvalue weighted by atomic mass is 35.5. The maximum Gasteiger partial charge on any atom is 0.227 e. The molecule has 5 nitrogen and oxygen atoms in total. The van der Waals surface area contributed by atoms with Crippen LogP contribution in [0, 0.1) is 0 Å². The Morgan fingerprint density at radius 2 is 1.71 bits per heavy atom. The lowest BCUT2D eigenvalue weighted by molar-refractivity contribution is 1.07. The molecule has 0 atom stereocenters. The van der Waals surface area contributed by atoms with Crippen molar-refractivity contribution in [3.8, 4) is 11.4 Å². The molecule has 0 spiro atoms. The van der Waals surface area contributed by atoms with Crippen molar-refractivity contribution in [2.45, 2.75) is 0 Å². The number of nitrogens with zero attached hydrogens (tertiary/aromatic N) is 4. The third-order valence-corrected chi connectivity index (χ3v) is 2.44. The minimum absolute atomic E-state index is 0.101. The zero-order valence-corrected chi connectivity index (χ0v) is 10.3. The molecule has 0 radical (unpaired) electrons. The molecule has 0 amide bonds. The molecule has 1 aromatic heterocycles. The molecule has 0 fully saturated rings. The highest BCUT2D eigenvalue weighted by Gasteiger charge is 2.05. The van der Waals surface area contributed by atoms with Gasteiger partial charge in [-0.1, -0.05) is 0 Å². The Hall–Kier alpha value is -1.88. The van der Waals surface area contributed by atoms with E-state index in [-0.39, 0.29) is 11.2 Å². The van der Waals surface area contributed by atoms with E-state index in [4.69, 9.17) is 17.3 Å². The summed E-state index contributed by atoms with van der Waals surface area (Å²) < 4.78 is 0. The van der Waals surface area contributed by atoms with Gasteiger partial charge < -0.3 is 10.6 Å². The van der Waals surface area contributed by atoms with Gasteiger partial charge >= 0.3 is 0 Å². The van der Waals surface area contributed by atoms with Gasteiger partial charge in [0, 0.05) is 25.3 Å². The second-order valence-electron chi connectivity index (χ2n) is 3.73. The first kappa shape index (κ1) is 11.6. The van der Waals surface area contributed by atoms with Crippen molar-refractivity contribution in [3.05, 3.63) is 29.5 Å². The smallest absolute Gasteiger partial charge is 0.227 e. The van der Waals surface area contributed by atoms with E-state index in [0.717, 1.165) is 11.3 Å². The summed E-state index contributed by atoms with van der Waals surface area (Å²) in [5, 5.41) is 0.101. The minimum Gasteiger partial charge on any atom is -0.378 e. The number of aromatic nitrogens is 3. The van der Waals surface area contributed by atoms with Crippen LogP contribution >= 0.6 is 11.6 Å². The summed E-state index contributed by atoms with van der Waals surface area (Å²) in [6.07, 6.45) is 0. The molecule has 1 aromatic carbocycles. The summed E-state index contributed by atoms with van der Waals surface area (Å²) in [5.41, 5.74) is 7.47. The van der Waals surface area contributed by atoms with Gasteiger partial charge in [0.2, 0.25) is 11.2 Å². The van der Waals surface area contributed by atoms with Crippen molar-refractivity contribution in [2.24, 2.45) is 0 Å². The Morgan fingerprint density at radius 3 is 2.24 bits per heavy atom. The molecule has 2 aromatic rings. The van der Waals surface area contributed by atoms with Crippen molar-refractivity contribution in [1.29, 1.82) is 0 Å². The molecule has 0 saturated heterocycles. The standard InChI is InChI=1S/C11H12ClN5/c1-17(2)8-5-3-7(4-6-8)9-14-10(12)16-11(13)15-9/h3-6H,1-2H3,(H2,13,14,15,16). The zero-order chi connectivity index (χ0) is 12.4. The number of nitrogens with two attached hydrogens (primary N) is 1. The van der Waals surface area contributed by atoms with Gasteiger partial charge in [-0.2, -0.15) is 15.0 Å². The monoisotopic (exact) mass is 249 g/mol. The Morgan fingerprint density at radius 1 is 1.06 bits per heavy atom. The Balaban J connectivity index is 2.39. The fourth-order valence-corrected chi connectivity index (χ4v) is 1.57. The van der Waals surface area contributed by atoms with Crippen LogP contribution in [0.25, 0.3) is 11.4 Å². The number of anilines is 2. The van der Waals surface area contributed by atoms with E-state index in [1.54, 1.807) is 0 Å². The number of rotatable bonds is 2. The Labute approximate surface area is 104 Å². The zero-order valence-electron chi connectivity index (χ0n) is 9.55. The van der Waals surface area contributed by atoms with E-state index < -0.39 is 0 Å². The van der Waals surface area contributed by atoms with Crippen LogP contribution in [0.15, 0.2) is 24.3 Å². The summed E-state index contributed by atoms with van der Waals surface area (Å²) in [5.74, 6) is 0.601. The SMILES string of the molecule is CN(C)c1ccc(-c2nc(N)nc(Cl)n2)cc1. The van der Waals surface area contributed by atoms with E-state index in [1.807, 2.05) is 43.3 Å². The molecule has 0 aliphatic carbocycles. The van der Waals surface area contributed by atoms with Crippen LogP contribution in [0.3, 0.4) is 0 Å². The molecule has 2 rings (SSSR count). The third kappa shape index (κ3) is 2.62. The number of hydrogen-bond donors (Lipinski definition) is 1. The van der Waals surface area contributed by atoms with Crippen molar-refractivity contribution >= 4 is 23.2 Å². The number of hydrogen-bond acceptors (Lipinski definition) is 5. The summed E-state index contributed by atoms with van der Waals surface area (Å²) >= 11 is 5.73. The summed E-state index contributed by atoms with van der Waals surface area (Å²) in [6.45, 7) is 0. The Bertz CT molecular complexity index is 504. The van der Waals surface area contributed by atoms with Gasteiger partial charge in [-0.25, -0.2) is 0 Å². The lowest BCUT2D eigenvalue weighted by Crippen LogP contribution is -2.08. The largest absolute Gasteiger partial charge is 0.378 e. The lowest BCUT2D eigenvalue weighted by Gasteiger charge is -2.12. The second-order valence-corrected chi connectivity index (χ2v) is 4.07. The molecule has 1 heterocycles. The average molecular weight is 250 g/mol. The average Bonchev–Trinajstić information content (AvgIpc) is 2.28. The van der Waals surface area contributed by atoms with Crippen molar-refractivity contribution in [1.82, 2.24) is 15.0 Å². The second kappa shape index (κ2) is 4.55. The van der Waals surface area contributed by atoms with E-state index in [9.17, 15) is 0 Å². The number of halogens is 1. The quantitative estimate of drug-likeness (QED) is 0.880. The normalized spacial score (nSPS) is 10.3. The fraction of sp³-hybridized carbons (Fsp3) is 0.182. The van der Waals surface area contributed by atoms with E-state index >= 15 is 0 Å². The number of benzene rings is 1. The Kier molecular flexibility index (Phi) is 3.10. The van der Waals surface area contributed by atoms with Gasteiger partial charge in [0.1, 0.15) is 0 Å². The molecular formula is C11H12ClN5. The summed E-state index contributed by atoms with van der Waals surface area (Å²) in [7, 11) is 3.96. The molecule has 0 bridgehead atoms. The summed E-state index contributed by atoms with van der Waals surface area (Å²) in [4.78, 5) is 13.8. The minimum atomic E-state index is 0.101. The molecule has 6 heteroatoms. The molecule has 0 aliphatic heterocycles. The van der Waals surface area contributed by atoms with Crippen LogP contribution in [-0.2, 0) is 0 Å². The maximum atomic E-state index is 5.73. The van der Waals surface area contributed by atoms with Crippen LogP contribution in [0.2, 0.25) is 5.28 Å². The van der Waals surface area contributed by atoms with E-state index in [1.165, 1.54) is 0 Å². The first-order chi connectivity index (χ1) is 8.06.